The normalized spacial score (nSPS) is 15.2. The molecule has 0 aromatic heterocycles. The van der Waals surface area contributed by atoms with Gasteiger partial charge in [-0.1, -0.05) is 29.8 Å². The summed E-state index contributed by atoms with van der Waals surface area (Å²) in [4.78, 5) is 0. The molecule has 0 bridgehead atoms. The Balaban J connectivity index is 1.76. The number of hydrogen-bond acceptors (Lipinski definition) is 3. The highest BCUT2D eigenvalue weighted by molar-refractivity contribution is 6.30. The average Bonchev–Trinajstić information content (AvgIpc) is 2.53. The minimum absolute atomic E-state index is 0.249. The van der Waals surface area contributed by atoms with Crippen molar-refractivity contribution in [3.63, 3.8) is 0 Å². The van der Waals surface area contributed by atoms with Gasteiger partial charge in [0.1, 0.15) is 5.75 Å². The van der Waals surface area contributed by atoms with Crippen LogP contribution in [0.1, 0.15) is 35.6 Å². The minimum Gasteiger partial charge on any atom is -0.506 e. The average molecular weight is 318 g/mol. The molecule has 1 aliphatic carbocycles. The van der Waals surface area contributed by atoms with Gasteiger partial charge in [0.15, 0.2) is 0 Å². The smallest absolute Gasteiger partial charge is 0.138 e. The zero-order valence-corrected chi connectivity index (χ0v) is 13.1. The second kappa shape index (κ2) is 6.59. The van der Waals surface area contributed by atoms with E-state index < -0.39 is 6.10 Å². The Hall–Kier alpha value is -1.71. The van der Waals surface area contributed by atoms with Crippen molar-refractivity contribution in [3.05, 3.63) is 58.1 Å². The van der Waals surface area contributed by atoms with Crippen LogP contribution in [-0.4, -0.2) is 16.8 Å². The van der Waals surface area contributed by atoms with Crippen LogP contribution >= 0.6 is 11.6 Å². The number of anilines is 1. The number of fused-ring (bicyclic) bond motifs is 1. The van der Waals surface area contributed by atoms with Crippen LogP contribution in [0.4, 0.5) is 5.69 Å². The summed E-state index contributed by atoms with van der Waals surface area (Å²) in [6.07, 6.45) is 3.70. The zero-order valence-electron chi connectivity index (χ0n) is 12.3. The molecule has 3 nitrogen and oxygen atoms in total. The standard InChI is InChI=1S/C18H20ClNO2/c19-14-6-3-5-13(10-14)17(22)11-20-18-15-7-2-1-4-12(15)8-9-16(18)21/h3,5-6,8-10,17,20-22H,1-2,4,7,11H2. The van der Waals surface area contributed by atoms with Crippen molar-refractivity contribution in [2.24, 2.45) is 0 Å². The van der Waals surface area contributed by atoms with Gasteiger partial charge in [0.2, 0.25) is 0 Å². The first-order valence-electron chi connectivity index (χ1n) is 7.66. The fraction of sp³-hybridized carbons (Fsp3) is 0.333. The molecule has 0 saturated heterocycles. The lowest BCUT2D eigenvalue weighted by atomic mass is 9.90. The van der Waals surface area contributed by atoms with Crippen LogP contribution < -0.4 is 5.32 Å². The number of aliphatic hydroxyl groups is 1. The van der Waals surface area contributed by atoms with Crippen molar-refractivity contribution in [3.8, 4) is 5.75 Å². The van der Waals surface area contributed by atoms with Crippen LogP contribution in [0.3, 0.4) is 0 Å². The van der Waals surface area contributed by atoms with Crippen molar-refractivity contribution < 1.29 is 10.2 Å². The van der Waals surface area contributed by atoms with Gasteiger partial charge in [-0.25, -0.2) is 0 Å². The molecule has 1 atom stereocenters. The van der Waals surface area contributed by atoms with Gasteiger partial charge in [-0.05, 0) is 60.6 Å². The van der Waals surface area contributed by atoms with Crippen LogP contribution in [-0.2, 0) is 12.8 Å². The Labute approximate surface area is 135 Å². The molecule has 4 heteroatoms. The maximum absolute atomic E-state index is 10.3. The lowest BCUT2D eigenvalue weighted by molar-refractivity contribution is 0.191. The molecule has 0 radical (unpaired) electrons. The Morgan fingerprint density at radius 3 is 2.77 bits per heavy atom. The molecule has 0 fully saturated rings. The molecule has 0 heterocycles. The van der Waals surface area contributed by atoms with Crippen LogP contribution in [0.25, 0.3) is 0 Å². The molecule has 3 N–H and O–H groups in total. The fourth-order valence-corrected chi connectivity index (χ4v) is 3.24. The Kier molecular flexibility index (Phi) is 4.55. The van der Waals surface area contributed by atoms with Crippen molar-refractivity contribution in [1.29, 1.82) is 0 Å². The summed E-state index contributed by atoms with van der Waals surface area (Å²) in [5, 5.41) is 24.3. The second-order valence-electron chi connectivity index (χ2n) is 5.76. The minimum atomic E-state index is -0.669. The Bertz CT molecular complexity index is 672. The first kappa shape index (κ1) is 15.2. The van der Waals surface area contributed by atoms with Gasteiger partial charge in [-0.3, -0.25) is 0 Å². The molecule has 22 heavy (non-hydrogen) atoms. The van der Waals surface area contributed by atoms with Crippen molar-refractivity contribution >= 4 is 17.3 Å². The molecule has 0 amide bonds. The highest BCUT2D eigenvalue weighted by Gasteiger charge is 2.17. The van der Waals surface area contributed by atoms with Crippen LogP contribution in [0.5, 0.6) is 5.75 Å². The highest BCUT2D eigenvalue weighted by atomic mass is 35.5. The van der Waals surface area contributed by atoms with Crippen LogP contribution in [0.2, 0.25) is 5.02 Å². The molecular formula is C18H20ClNO2. The highest BCUT2D eigenvalue weighted by Crippen LogP contribution is 2.35. The molecule has 0 saturated carbocycles. The van der Waals surface area contributed by atoms with E-state index in [1.54, 1.807) is 18.2 Å². The summed E-state index contributed by atoms with van der Waals surface area (Å²) in [6, 6.07) is 10.9. The van der Waals surface area contributed by atoms with E-state index in [4.69, 9.17) is 11.6 Å². The number of aliphatic hydroxyl groups excluding tert-OH is 1. The molecule has 3 rings (SSSR count). The predicted molar refractivity (Wildman–Crippen MR) is 89.7 cm³/mol. The third-order valence-corrected chi connectivity index (χ3v) is 4.45. The van der Waals surface area contributed by atoms with Gasteiger partial charge >= 0.3 is 0 Å². The number of phenols is 1. The number of halogens is 1. The zero-order chi connectivity index (χ0) is 15.5. The first-order chi connectivity index (χ1) is 10.6. The maximum atomic E-state index is 10.3. The van der Waals surface area contributed by atoms with E-state index in [9.17, 15) is 10.2 Å². The summed E-state index contributed by atoms with van der Waals surface area (Å²) in [5.74, 6) is 0.249. The summed E-state index contributed by atoms with van der Waals surface area (Å²) < 4.78 is 0. The monoisotopic (exact) mass is 317 g/mol. The number of aromatic hydroxyl groups is 1. The van der Waals surface area contributed by atoms with E-state index in [1.165, 1.54) is 17.5 Å². The lowest BCUT2D eigenvalue weighted by Gasteiger charge is -2.22. The van der Waals surface area contributed by atoms with E-state index >= 15 is 0 Å². The Morgan fingerprint density at radius 2 is 1.95 bits per heavy atom. The number of phenolic OH excluding ortho intramolecular Hbond substituents is 1. The number of hydrogen-bond donors (Lipinski definition) is 3. The molecule has 0 spiro atoms. The topological polar surface area (TPSA) is 52.5 Å². The van der Waals surface area contributed by atoms with Gasteiger partial charge in [-0.2, -0.15) is 0 Å². The van der Waals surface area contributed by atoms with E-state index in [1.807, 2.05) is 18.2 Å². The van der Waals surface area contributed by atoms with E-state index in [0.29, 0.717) is 11.6 Å². The molecule has 1 aliphatic rings. The van der Waals surface area contributed by atoms with Crippen molar-refractivity contribution in [2.45, 2.75) is 31.8 Å². The molecule has 2 aromatic rings. The Morgan fingerprint density at radius 1 is 1.14 bits per heavy atom. The number of nitrogens with one attached hydrogen (secondary N) is 1. The number of aryl methyl sites for hydroxylation is 1. The summed E-state index contributed by atoms with van der Waals surface area (Å²) in [5.41, 5.74) is 4.01. The van der Waals surface area contributed by atoms with E-state index in [2.05, 4.69) is 5.32 Å². The fourth-order valence-electron chi connectivity index (χ4n) is 3.04. The van der Waals surface area contributed by atoms with Gasteiger partial charge in [0, 0.05) is 11.6 Å². The summed E-state index contributed by atoms with van der Waals surface area (Å²) in [7, 11) is 0. The molecule has 1 unspecified atom stereocenters. The third kappa shape index (κ3) is 3.21. The van der Waals surface area contributed by atoms with Gasteiger partial charge in [-0.15, -0.1) is 0 Å². The first-order valence-corrected chi connectivity index (χ1v) is 8.04. The third-order valence-electron chi connectivity index (χ3n) is 4.22. The molecule has 0 aliphatic heterocycles. The molecule has 116 valence electrons. The second-order valence-corrected chi connectivity index (χ2v) is 6.19. The molecular weight excluding hydrogens is 298 g/mol. The van der Waals surface area contributed by atoms with Gasteiger partial charge in [0.05, 0.1) is 11.8 Å². The van der Waals surface area contributed by atoms with Crippen LogP contribution in [0.15, 0.2) is 36.4 Å². The van der Waals surface area contributed by atoms with E-state index in [0.717, 1.165) is 30.5 Å². The van der Waals surface area contributed by atoms with E-state index in [-0.39, 0.29) is 5.75 Å². The number of rotatable bonds is 4. The largest absolute Gasteiger partial charge is 0.506 e. The maximum Gasteiger partial charge on any atom is 0.138 e. The van der Waals surface area contributed by atoms with Gasteiger partial charge in [0.25, 0.3) is 0 Å². The lowest BCUT2D eigenvalue weighted by Crippen LogP contribution is -2.15. The summed E-state index contributed by atoms with van der Waals surface area (Å²) >= 11 is 5.95. The molecule has 2 aromatic carbocycles. The van der Waals surface area contributed by atoms with Crippen LogP contribution in [0, 0.1) is 0 Å². The summed E-state index contributed by atoms with van der Waals surface area (Å²) in [6.45, 7) is 0.338. The van der Waals surface area contributed by atoms with Crippen molar-refractivity contribution in [2.75, 3.05) is 11.9 Å². The van der Waals surface area contributed by atoms with Gasteiger partial charge < -0.3 is 15.5 Å². The number of benzene rings is 2. The van der Waals surface area contributed by atoms with Crippen molar-refractivity contribution in [1.82, 2.24) is 0 Å². The quantitative estimate of drug-likeness (QED) is 0.745. The SMILES string of the molecule is Oc1ccc2c(c1NCC(O)c1cccc(Cl)c1)CCCC2. The predicted octanol–water partition coefficient (Wildman–Crippen LogP) is 4.07.